The molecule has 16 heavy (non-hydrogen) atoms. The summed E-state index contributed by atoms with van der Waals surface area (Å²) in [6, 6.07) is 7.65. The number of nitrogens with one attached hydrogen (secondary N) is 1. The minimum atomic E-state index is 0.0887. The average Bonchev–Trinajstić information content (AvgIpc) is 2.31. The van der Waals surface area contributed by atoms with Crippen molar-refractivity contribution >= 4 is 11.6 Å². The number of para-hydroxylation sites is 1. The van der Waals surface area contributed by atoms with Crippen molar-refractivity contribution in [2.45, 2.75) is 33.2 Å². The number of hydrogen-bond acceptors (Lipinski definition) is 2. The van der Waals surface area contributed by atoms with Crippen molar-refractivity contribution in [1.82, 2.24) is 0 Å². The number of anilines is 1. The van der Waals surface area contributed by atoms with Gasteiger partial charge in [0.1, 0.15) is 0 Å². The Kier molecular flexibility index (Phi) is 4.99. The predicted molar refractivity (Wildman–Crippen MR) is 67.0 cm³/mol. The van der Waals surface area contributed by atoms with Crippen molar-refractivity contribution < 1.29 is 4.79 Å². The Morgan fingerprint density at radius 2 is 1.94 bits per heavy atom. The van der Waals surface area contributed by atoms with Crippen LogP contribution in [0, 0.1) is 5.92 Å². The first-order valence-corrected chi connectivity index (χ1v) is 5.81. The van der Waals surface area contributed by atoms with E-state index in [9.17, 15) is 4.79 Å². The predicted octanol–water partition coefficient (Wildman–Crippen LogP) is 2.52. The SMILES string of the molecule is CCC(CC)C(=O)Nc1ccccc1CN. The molecule has 3 heteroatoms. The number of amides is 1. The molecule has 0 saturated carbocycles. The maximum Gasteiger partial charge on any atom is 0.227 e. The third kappa shape index (κ3) is 3.07. The van der Waals surface area contributed by atoms with Gasteiger partial charge in [0, 0.05) is 18.2 Å². The molecule has 0 aliphatic rings. The van der Waals surface area contributed by atoms with Gasteiger partial charge in [-0.15, -0.1) is 0 Å². The van der Waals surface area contributed by atoms with Crippen LogP contribution in [0.4, 0.5) is 5.69 Å². The number of carbonyl (C=O) groups excluding carboxylic acids is 1. The molecule has 0 aliphatic carbocycles. The number of nitrogens with two attached hydrogens (primary N) is 1. The second kappa shape index (κ2) is 6.28. The zero-order chi connectivity index (χ0) is 12.0. The highest BCUT2D eigenvalue weighted by atomic mass is 16.1. The summed E-state index contributed by atoms with van der Waals surface area (Å²) >= 11 is 0. The van der Waals surface area contributed by atoms with Crippen LogP contribution in [0.2, 0.25) is 0 Å². The molecule has 88 valence electrons. The zero-order valence-corrected chi connectivity index (χ0v) is 9.99. The van der Waals surface area contributed by atoms with E-state index in [1.54, 1.807) is 0 Å². The number of hydrogen-bond donors (Lipinski definition) is 2. The summed E-state index contributed by atoms with van der Waals surface area (Å²) in [5, 5.41) is 2.94. The third-order valence-electron chi connectivity index (χ3n) is 2.85. The Balaban J connectivity index is 2.76. The number of benzene rings is 1. The molecular formula is C13H20N2O. The highest BCUT2D eigenvalue weighted by molar-refractivity contribution is 5.93. The first kappa shape index (κ1) is 12.7. The third-order valence-corrected chi connectivity index (χ3v) is 2.85. The first-order chi connectivity index (χ1) is 7.72. The first-order valence-electron chi connectivity index (χ1n) is 5.81. The van der Waals surface area contributed by atoms with Gasteiger partial charge in [0.2, 0.25) is 5.91 Å². The molecule has 0 fully saturated rings. The van der Waals surface area contributed by atoms with E-state index < -0.39 is 0 Å². The van der Waals surface area contributed by atoms with E-state index in [2.05, 4.69) is 5.32 Å². The fourth-order valence-electron chi connectivity index (χ4n) is 1.71. The van der Waals surface area contributed by atoms with Crippen molar-refractivity contribution in [3.63, 3.8) is 0 Å². The second-order valence-electron chi connectivity index (χ2n) is 3.86. The highest BCUT2D eigenvalue weighted by Crippen LogP contribution is 2.17. The molecule has 0 radical (unpaired) electrons. The molecule has 1 amide bonds. The van der Waals surface area contributed by atoms with Crippen LogP contribution in [0.25, 0.3) is 0 Å². The van der Waals surface area contributed by atoms with E-state index in [0.29, 0.717) is 6.54 Å². The lowest BCUT2D eigenvalue weighted by molar-refractivity contribution is -0.120. The van der Waals surface area contributed by atoms with Crippen molar-refractivity contribution in [3.05, 3.63) is 29.8 Å². The average molecular weight is 220 g/mol. The fraction of sp³-hybridized carbons (Fsp3) is 0.462. The Labute approximate surface area is 97.0 Å². The van der Waals surface area contributed by atoms with Crippen LogP contribution in [0.15, 0.2) is 24.3 Å². The van der Waals surface area contributed by atoms with Crippen LogP contribution in [0.1, 0.15) is 32.3 Å². The maximum atomic E-state index is 11.9. The maximum absolute atomic E-state index is 11.9. The van der Waals surface area contributed by atoms with Gasteiger partial charge in [0.25, 0.3) is 0 Å². The van der Waals surface area contributed by atoms with Crippen molar-refractivity contribution in [2.75, 3.05) is 5.32 Å². The Hall–Kier alpha value is -1.35. The normalized spacial score (nSPS) is 10.5. The molecule has 0 bridgehead atoms. The monoisotopic (exact) mass is 220 g/mol. The van der Waals surface area contributed by atoms with Crippen LogP contribution in [-0.2, 0) is 11.3 Å². The summed E-state index contributed by atoms with van der Waals surface area (Å²) in [4.78, 5) is 11.9. The molecule has 0 atom stereocenters. The largest absolute Gasteiger partial charge is 0.326 e. The van der Waals surface area contributed by atoms with Gasteiger partial charge in [0.05, 0.1) is 0 Å². The van der Waals surface area contributed by atoms with Gasteiger partial charge < -0.3 is 11.1 Å². The van der Waals surface area contributed by atoms with E-state index in [-0.39, 0.29) is 11.8 Å². The standard InChI is InChI=1S/C13H20N2O/c1-3-10(4-2)13(16)15-12-8-6-5-7-11(12)9-14/h5-8,10H,3-4,9,14H2,1-2H3,(H,15,16). The smallest absolute Gasteiger partial charge is 0.227 e. The molecule has 0 aromatic heterocycles. The van der Waals surface area contributed by atoms with Gasteiger partial charge in [-0.3, -0.25) is 4.79 Å². The van der Waals surface area contributed by atoms with Crippen LogP contribution < -0.4 is 11.1 Å². The van der Waals surface area contributed by atoms with E-state index in [4.69, 9.17) is 5.73 Å². The van der Waals surface area contributed by atoms with Gasteiger partial charge >= 0.3 is 0 Å². The zero-order valence-electron chi connectivity index (χ0n) is 9.99. The molecule has 3 nitrogen and oxygen atoms in total. The van der Waals surface area contributed by atoms with E-state index >= 15 is 0 Å². The molecule has 0 heterocycles. The molecule has 0 unspecified atom stereocenters. The van der Waals surface area contributed by atoms with Crippen LogP contribution in [-0.4, -0.2) is 5.91 Å². The van der Waals surface area contributed by atoms with Gasteiger partial charge in [-0.05, 0) is 24.5 Å². The molecule has 0 saturated heterocycles. The van der Waals surface area contributed by atoms with Crippen LogP contribution >= 0.6 is 0 Å². The minimum Gasteiger partial charge on any atom is -0.326 e. The summed E-state index contributed by atoms with van der Waals surface area (Å²) in [5.74, 6) is 0.178. The Morgan fingerprint density at radius 1 is 1.31 bits per heavy atom. The fourth-order valence-corrected chi connectivity index (χ4v) is 1.71. The van der Waals surface area contributed by atoms with E-state index in [0.717, 1.165) is 24.1 Å². The van der Waals surface area contributed by atoms with Crippen LogP contribution in [0.3, 0.4) is 0 Å². The van der Waals surface area contributed by atoms with Crippen molar-refractivity contribution in [2.24, 2.45) is 11.7 Å². The van der Waals surface area contributed by atoms with Gasteiger partial charge in [-0.1, -0.05) is 32.0 Å². The molecule has 0 aliphatic heterocycles. The van der Waals surface area contributed by atoms with E-state index in [1.165, 1.54) is 0 Å². The molecule has 1 aromatic rings. The quantitative estimate of drug-likeness (QED) is 0.801. The van der Waals surface area contributed by atoms with E-state index in [1.807, 2.05) is 38.1 Å². The summed E-state index contributed by atoms with van der Waals surface area (Å²) in [6.07, 6.45) is 1.74. The van der Waals surface area contributed by atoms with Gasteiger partial charge in [0.15, 0.2) is 0 Å². The lowest BCUT2D eigenvalue weighted by atomic mass is 10.0. The number of rotatable bonds is 5. The van der Waals surface area contributed by atoms with Crippen molar-refractivity contribution in [3.8, 4) is 0 Å². The van der Waals surface area contributed by atoms with Gasteiger partial charge in [-0.2, -0.15) is 0 Å². The summed E-state index contributed by atoms with van der Waals surface area (Å²) < 4.78 is 0. The van der Waals surface area contributed by atoms with Gasteiger partial charge in [-0.25, -0.2) is 0 Å². The summed E-state index contributed by atoms with van der Waals surface area (Å²) in [6.45, 7) is 4.50. The summed E-state index contributed by atoms with van der Waals surface area (Å²) in [7, 11) is 0. The lowest BCUT2D eigenvalue weighted by Crippen LogP contribution is -2.22. The lowest BCUT2D eigenvalue weighted by Gasteiger charge is -2.14. The molecule has 3 N–H and O–H groups in total. The topological polar surface area (TPSA) is 55.1 Å². The van der Waals surface area contributed by atoms with Crippen LogP contribution in [0.5, 0.6) is 0 Å². The Morgan fingerprint density at radius 3 is 2.50 bits per heavy atom. The molecule has 1 rings (SSSR count). The molecule has 0 spiro atoms. The minimum absolute atomic E-state index is 0.0887. The van der Waals surface area contributed by atoms with Crippen molar-refractivity contribution in [1.29, 1.82) is 0 Å². The highest BCUT2D eigenvalue weighted by Gasteiger charge is 2.14. The summed E-state index contributed by atoms with van der Waals surface area (Å²) in [5.41, 5.74) is 7.43. The second-order valence-corrected chi connectivity index (χ2v) is 3.86. The Bertz CT molecular complexity index is 346. The number of carbonyl (C=O) groups is 1. The molecular weight excluding hydrogens is 200 g/mol. The molecule has 1 aromatic carbocycles.